The zero-order valence-corrected chi connectivity index (χ0v) is 12.8. The van der Waals surface area contributed by atoms with E-state index in [2.05, 4.69) is 14.9 Å². The van der Waals surface area contributed by atoms with E-state index in [4.69, 9.17) is 26.8 Å². The summed E-state index contributed by atoms with van der Waals surface area (Å²) >= 11 is 6.01. The van der Waals surface area contributed by atoms with Crippen LogP contribution in [0.4, 0.5) is 11.8 Å². The molecule has 3 rings (SSSR count). The normalized spacial score (nSPS) is 25.4. The SMILES string of the molecule is Nc1nc(Cl)cc(N(C[C@H]2CCCO2)C[C@@H]2CCCO2)n1. The zero-order chi connectivity index (χ0) is 14.7. The Bertz CT molecular complexity index is 438. The summed E-state index contributed by atoms with van der Waals surface area (Å²) in [6, 6.07) is 1.75. The van der Waals surface area contributed by atoms with E-state index in [0.29, 0.717) is 5.15 Å². The predicted molar refractivity (Wildman–Crippen MR) is 81.6 cm³/mol. The highest BCUT2D eigenvalue weighted by molar-refractivity contribution is 6.29. The Morgan fingerprint density at radius 3 is 2.24 bits per heavy atom. The number of nitrogens with two attached hydrogens (primary N) is 1. The Kier molecular flexibility index (Phi) is 4.77. The number of rotatable bonds is 5. The number of ether oxygens (including phenoxy) is 2. The van der Waals surface area contributed by atoms with Gasteiger partial charge in [-0.2, -0.15) is 4.98 Å². The van der Waals surface area contributed by atoms with Gasteiger partial charge in [-0.1, -0.05) is 11.6 Å². The molecule has 2 saturated heterocycles. The second-order valence-corrected chi connectivity index (χ2v) is 5.97. The summed E-state index contributed by atoms with van der Waals surface area (Å²) in [6.07, 6.45) is 4.87. The molecule has 2 aliphatic heterocycles. The third-order valence-electron chi connectivity index (χ3n) is 3.92. The first-order chi connectivity index (χ1) is 10.2. The molecule has 0 aromatic carbocycles. The Morgan fingerprint density at radius 2 is 1.76 bits per heavy atom. The first kappa shape index (κ1) is 14.8. The van der Waals surface area contributed by atoms with E-state index in [-0.39, 0.29) is 18.2 Å². The van der Waals surface area contributed by atoms with Crippen LogP contribution in [0.2, 0.25) is 5.15 Å². The summed E-state index contributed by atoms with van der Waals surface area (Å²) in [4.78, 5) is 10.4. The van der Waals surface area contributed by atoms with Crippen molar-refractivity contribution >= 4 is 23.4 Å². The van der Waals surface area contributed by atoms with Crippen molar-refractivity contribution in [2.24, 2.45) is 0 Å². The largest absolute Gasteiger partial charge is 0.376 e. The van der Waals surface area contributed by atoms with Crippen LogP contribution in [0.15, 0.2) is 6.07 Å². The van der Waals surface area contributed by atoms with Crippen molar-refractivity contribution in [2.75, 3.05) is 36.9 Å². The van der Waals surface area contributed by atoms with Gasteiger partial charge in [-0.25, -0.2) is 4.98 Å². The first-order valence-electron chi connectivity index (χ1n) is 7.49. The van der Waals surface area contributed by atoms with Crippen molar-refractivity contribution in [1.82, 2.24) is 9.97 Å². The molecule has 21 heavy (non-hydrogen) atoms. The van der Waals surface area contributed by atoms with Gasteiger partial charge in [0.25, 0.3) is 0 Å². The highest BCUT2D eigenvalue weighted by Crippen LogP contribution is 2.23. The number of nitrogen functional groups attached to an aromatic ring is 1. The van der Waals surface area contributed by atoms with E-state index in [1.807, 2.05) is 0 Å². The third kappa shape index (κ3) is 3.96. The quantitative estimate of drug-likeness (QED) is 0.837. The van der Waals surface area contributed by atoms with Crippen LogP contribution in [0.5, 0.6) is 0 Å². The first-order valence-corrected chi connectivity index (χ1v) is 7.87. The molecule has 0 saturated carbocycles. The fourth-order valence-corrected chi connectivity index (χ4v) is 3.10. The van der Waals surface area contributed by atoms with Gasteiger partial charge >= 0.3 is 0 Å². The van der Waals surface area contributed by atoms with Crippen molar-refractivity contribution < 1.29 is 9.47 Å². The summed E-state index contributed by atoms with van der Waals surface area (Å²) in [5.41, 5.74) is 5.72. The van der Waals surface area contributed by atoms with E-state index in [1.165, 1.54) is 0 Å². The van der Waals surface area contributed by atoms with Gasteiger partial charge in [0.05, 0.1) is 12.2 Å². The van der Waals surface area contributed by atoms with Gasteiger partial charge < -0.3 is 20.1 Å². The van der Waals surface area contributed by atoms with Gasteiger partial charge in [-0.05, 0) is 25.7 Å². The molecule has 0 aliphatic carbocycles. The smallest absolute Gasteiger partial charge is 0.223 e. The second-order valence-electron chi connectivity index (χ2n) is 5.58. The fraction of sp³-hybridized carbons (Fsp3) is 0.714. The molecule has 116 valence electrons. The van der Waals surface area contributed by atoms with Gasteiger partial charge in [0.15, 0.2) is 0 Å². The highest BCUT2D eigenvalue weighted by atomic mass is 35.5. The lowest BCUT2D eigenvalue weighted by molar-refractivity contribution is 0.0996. The van der Waals surface area contributed by atoms with Crippen LogP contribution in [-0.4, -0.2) is 48.5 Å². The fourth-order valence-electron chi connectivity index (χ4n) is 2.91. The number of hydrogen-bond acceptors (Lipinski definition) is 6. The molecular formula is C14H21ClN4O2. The van der Waals surface area contributed by atoms with Crippen molar-refractivity contribution in [1.29, 1.82) is 0 Å². The third-order valence-corrected chi connectivity index (χ3v) is 4.11. The zero-order valence-electron chi connectivity index (χ0n) is 12.0. The molecule has 0 amide bonds. The Hall–Kier alpha value is -1.11. The molecule has 2 N–H and O–H groups in total. The van der Waals surface area contributed by atoms with E-state index in [9.17, 15) is 0 Å². The maximum Gasteiger partial charge on any atom is 0.223 e. The van der Waals surface area contributed by atoms with E-state index >= 15 is 0 Å². The van der Waals surface area contributed by atoms with Crippen LogP contribution < -0.4 is 10.6 Å². The number of halogens is 1. The van der Waals surface area contributed by atoms with E-state index < -0.39 is 0 Å². The molecule has 2 atom stereocenters. The van der Waals surface area contributed by atoms with Crippen molar-refractivity contribution in [3.8, 4) is 0 Å². The van der Waals surface area contributed by atoms with Gasteiger partial charge in [-0.3, -0.25) is 0 Å². The monoisotopic (exact) mass is 312 g/mol. The van der Waals surface area contributed by atoms with Gasteiger partial charge in [0.2, 0.25) is 5.95 Å². The molecule has 3 heterocycles. The highest BCUT2D eigenvalue weighted by Gasteiger charge is 2.25. The average molecular weight is 313 g/mol. The van der Waals surface area contributed by atoms with E-state index in [0.717, 1.165) is 57.8 Å². The second kappa shape index (κ2) is 6.77. The van der Waals surface area contributed by atoms with Crippen LogP contribution in [0.1, 0.15) is 25.7 Å². The number of hydrogen-bond donors (Lipinski definition) is 1. The summed E-state index contributed by atoms with van der Waals surface area (Å²) in [7, 11) is 0. The summed E-state index contributed by atoms with van der Waals surface area (Å²) in [5, 5.41) is 0.363. The molecule has 6 nitrogen and oxygen atoms in total. The standard InChI is InChI=1S/C14H21ClN4O2/c15-12-7-13(18-14(16)17-12)19(8-10-3-1-5-20-10)9-11-4-2-6-21-11/h7,10-11H,1-6,8-9H2,(H2,16,17,18)/t10-,11+. The average Bonchev–Trinajstić information content (AvgIpc) is 3.10. The number of anilines is 2. The number of aromatic nitrogens is 2. The minimum absolute atomic E-state index is 0.196. The maximum absolute atomic E-state index is 6.01. The molecule has 0 unspecified atom stereocenters. The van der Waals surface area contributed by atoms with Crippen LogP contribution in [0.25, 0.3) is 0 Å². The molecule has 0 radical (unpaired) electrons. The Morgan fingerprint density at radius 1 is 1.14 bits per heavy atom. The van der Waals surface area contributed by atoms with Crippen molar-refractivity contribution in [2.45, 2.75) is 37.9 Å². The lowest BCUT2D eigenvalue weighted by atomic mass is 10.2. The lowest BCUT2D eigenvalue weighted by Gasteiger charge is -2.28. The van der Waals surface area contributed by atoms with E-state index in [1.54, 1.807) is 6.07 Å². The Balaban J connectivity index is 1.75. The molecule has 1 aromatic heterocycles. The lowest BCUT2D eigenvalue weighted by Crippen LogP contribution is -2.38. The van der Waals surface area contributed by atoms with Crippen LogP contribution in [0, 0.1) is 0 Å². The van der Waals surface area contributed by atoms with Crippen LogP contribution in [0.3, 0.4) is 0 Å². The Labute approximate surface area is 129 Å². The summed E-state index contributed by atoms with van der Waals surface area (Å²) in [5.74, 6) is 0.945. The van der Waals surface area contributed by atoms with Gasteiger partial charge in [-0.15, -0.1) is 0 Å². The minimum atomic E-state index is 0.196. The molecule has 2 aliphatic rings. The number of nitrogens with zero attached hydrogens (tertiary/aromatic N) is 3. The summed E-state index contributed by atoms with van der Waals surface area (Å²) < 4.78 is 11.5. The molecule has 2 fully saturated rings. The minimum Gasteiger partial charge on any atom is -0.376 e. The van der Waals surface area contributed by atoms with Gasteiger partial charge in [0, 0.05) is 32.4 Å². The van der Waals surface area contributed by atoms with Crippen LogP contribution in [-0.2, 0) is 9.47 Å². The molecule has 7 heteroatoms. The molecular weight excluding hydrogens is 292 g/mol. The van der Waals surface area contributed by atoms with Crippen molar-refractivity contribution in [3.63, 3.8) is 0 Å². The molecule has 0 spiro atoms. The maximum atomic E-state index is 6.01. The topological polar surface area (TPSA) is 73.5 Å². The molecule has 1 aromatic rings. The van der Waals surface area contributed by atoms with Crippen molar-refractivity contribution in [3.05, 3.63) is 11.2 Å². The van der Waals surface area contributed by atoms with Crippen LogP contribution >= 0.6 is 11.6 Å². The van der Waals surface area contributed by atoms with Gasteiger partial charge in [0.1, 0.15) is 11.0 Å². The molecule has 0 bridgehead atoms. The summed E-state index contributed by atoms with van der Waals surface area (Å²) in [6.45, 7) is 3.25. The predicted octanol–water partition coefficient (Wildman–Crippen LogP) is 1.88.